The van der Waals surface area contributed by atoms with Crippen LogP contribution in [0, 0.1) is 6.92 Å². The monoisotopic (exact) mass is 515 g/mol. The first-order valence-corrected chi connectivity index (χ1v) is 12.6. The average Bonchev–Trinajstić information content (AvgIpc) is 3.42. The molecule has 0 saturated carbocycles. The largest absolute Gasteiger partial charge is 0.505 e. The molecule has 1 atom stereocenters. The summed E-state index contributed by atoms with van der Waals surface area (Å²) in [4.78, 5) is 33.1. The summed E-state index contributed by atoms with van der Waals surface area (Å²) < 4.78 is 7.77. The molecular weight excluding hydrogens is 490 g/mol. The third kappa shape index (κ3) is 4.44. The third-order valence-corrected chi connectivity index (χ3v) is 6.82. The van der Waals surface area contributed by atoms with E-state index in [1.807, 2.05) is 97.1 Å². The van der Waals surface area contributed by atoms with Gasteiger partial charge in [0, 0.05) is 12.7 Å². The first-order chi connectivity index (χ1) is 19.0. The molecule has 0 spiro atoms. The molecule has 1 aliphatic heterocycles. The molecule has 1 unspecified atom stereocenters. The smallest absolute Gasteiger partial charge is 0.295 e. The molecule has 7 heteroatoms. The number of pyridine rings is 1. The number of aliphatic hydroxyl groups is 1. The van der Waals surface area contributed by atoms with Crippen LogP contribution in [0.5, 0.6) is 11.5 Å². The van der Waals surface area contributed by atoms with E-state index >= 15 is 0 Å². The van der Waals surface area contributed by atoms with Gasteiger partial charge in [0.15, 0.2) is 5.76 Å². The predicted molar refractivity (Wildman–Crippen MR) is 147 cm³/mol. The van der Waals surface area contributed by atoms with E-state index in [1.165, 1.54) is 4.90 Å². The lowest BCUT2D eigenvalue weighted by Crippen LogP contribution is -2.29. The van der Waals surface area contributed by atoms with Crippen molar-refractivity contribution in [2.75, 3.05) is 0 Å². The Morgan fingerprint density at radius 1 is 0.872 bits per heavy atom. The standard InChI is InChI=1S/C32H25N3O4/c1-21-28(34-18-9-8-17-26(34)33-21)30(36)27-29(35(32(38)31(27)37)20-22-11-4-2-5-12-22)23-13-10-16-25(19-23)39-24-14-6-3-7-15-24/h2-19,29,36H,20H2,1H3. The van der Waals surface area contributed by atoms with E-state index in [0.29, 0.717) is 34.1 Å². The summed E-state index contributed by atoms with van der Waals surface area (Å²) in [6, 6.07) is 30.8. The van der Waals surface area contributed by atoms with Gasteiger partial charge in [-0.05, 0) is 54.4 Å². The van der Waals surface area contributed by atoms with Crippen LogP contribution in [-0.4, -0.2) is 31.1 Å². The Morgan fingerprint density at radius 2 is 1.56 bits per heavy atom. The Kier molecular flexibility index (Phi) is 6.17. The molecule has 5 aromatic rings. The van der Waals surface area contributed by atoms with Crippen LogP contribution in [0.25, 0.3) is 11.4 Å². The average molecular weight is 516 g/mol. The number of benzene rings is 3. The lowest BCUT2D eigenvalue weighted by atomic mass is 9.96. The number of para-hydroxylation sites is 1. The molecule has 1 saturated heterocycles. The van der Waals surface area contributed by atoms with E-state index in [2.05, 4.69) is 4.98 Å². The zero-order valence-electron chi connectivity index (χ0n) is 21.2. The number of carbonyl (C=O) groups is 2. The van der Waals surface area contributed by atoms with E-state index in [-0.39, 0.29) is 17.9 Å². The van der Waals surface area contributed by atoms with Gasteiger partial charge in [0.05, 0.1) is 17.3 Å². The van der Waals surface area contributed by atoms with Gasteiger partial charge in [0.2, 0.25) is 0 Å². The molecule has 192 valence electrons. The Hall–Kier alpha value is -5.17. The van der Waals surface area contributed by atoms with Crippen molar-refractivity contribution in [3.05, 3.63) is 137 Å². The summed E-state index contributed by atoms with van der Waals surface area (Å²) in [6.07, 6.45) is 1.77. The number of imidazole rings is 1. The highest BCUT2D eigenvalue weighted by Crippen LogP contribution is 2.42. The molecule has 3 aromatic carbocycles. The second-order valence-corrected chi connectivity index (χ2v) is 9.37. The van der Waals surface area contributed by atoms with E-state index in [4.69, 9.17) is 4.74 Å². The van der Waals surface area contributed by atoms with Crippen LogP contribution < -0.4 is 4.74 Å². The third-order valence-electron chi connectivity index (χ3n) is 6.82. The topological polar surface area (TPSA) is 84.1 Å². The minimum atomic E-state index is -0.835. The van der Waals surface area contributed by atoms with Gasteiger partial charge in [-0.2, -0.15) is 0 Å². The number of rotatable bonds is 6. The summed E-state index contributed by atoms with van der Waals surface area (Å²) in [5.41, 5.74) is 3.09. The molecule has 7 nitrogen and oxygen atoms in total. The molecule has 39 heavy (non-hydrogen) atoms. The Labute approximate surface area is 225 Å². The number of amides is 1. The molecule has 1 aliphatic rings. The zero-order valence-corrected chi connectivity index (χ0v) is 21.2. The quantitative estimate of drug-likeness (QED) is 0.169. The highest BCUT2D eigenvalue weighted by Gasteiger charge is 2.46. The molecule has 0 bridgehead atoms. The van der Waals surface area contributed by atoms with Crippen molar-refractivity contribution >= 4 is 23.1 Å². The number of ether oxygens (including phenoxy) is 1. The SMILES string of the molecule is Cc1nc2ccccn2c1C(O)=C1C(=O)C(=O)N(Cc2ccccc2)C1c1cccc(Oc2ccccc2)c1. The number of ketones is 1. The maximum atomic E-state index is 13.6. The molecule has 6 rings (SSSR count). The van der Waals surface area contributed by atoms with Crippen LogP contribution in [0.1, 0.15) is 28.6 Å². The van der Waals surface area contributed by atoms with E-state index in [1.54, 1.807) is 23.6 Å². The number of carbonyl (C=O) groups excluding carboxylic acids is 2. The Balaban J connectivity index is 1.51. The number of aliphatic hydroxyl groups excluding tert-OH is 1. The fourth-order valence-electron chi connectivity index (χ4n) is 5.07. The second-order valence-electron chi connectivity index (χ2n) is 9.37. The van der Waals surface area contributed by atoms with Crippen molar-refractivity contribution in [1.82, 2.24) is 14.3 Å². The Bertz CT molecular complexity index is 1720. The molecule has 0 aliphatic carbocycles. The first kappa shape index (κ1) is 24.2. The van der Waals surface area contributed by atoms with Gasteiger partial charge in [0.25, 0.3) is 11.7 Å². The first-order valence-electron chi connectivity index (χ1n) is 12.6. The minimum Gasteiger partial charge on any atom is -0.505 e. The highest BCUT2D eigenvalue weighted by molar-refractivity contribution is 6.46. The van der Waals surface area contributed by atoms with Gasteiger partial charge >= 0.3 is 0 Å². The van der Waals surface area contributed by atoms with Crippen LogP contribution in [0.15, 0.2) is 115 Å². The molecule has 1 fully saturated rings. The number of nitrogens with zero attached hydrogens (tertiary/aromatic N) is 3. The number of aromatic nitrogens is 2. The van der Waals surface area contributed by atoms with Crippen LogP contribution in [0.2, 0.25) is 0 Å². The summed E-state index contributed by atoms with van der Waals surface area (Å²) >= 11 is 0. The summed E-state index contributed by atoms with van der Waals surface area (Å²) in [7, 11) is 0. The minimum absolute atomic E-state index is 0.0153. The lowest BCUT2D eigenvalue weighted by Gasteiger charge is -2.26. The molecule has 0 radical (unpaired) electrons. The van der Waals surface area contributed by atoms with Crippen molar-refractivity contribution in [1.29, 1.82) is 0 Å². The summed E-state index contributed by atoms with van der Waals surface area (Å²) in [5, 5.41) is 11.7. The van der Waals surface area contributed by atoms with Gasteiger partial charge in [-0.25, -0.2) is 4.98 Å². The normalized spacial score (nSPS) is 16.6. The molecule has 1 N–H and O–H groups in total. The molecule has 1 amide bonds. The van der Waals surface area contributed by atoms with Crippen molar-refractivity contribution in [3.8, 4) is 11.5 Å². The number of hydrogen-bond acceptors (Lipinski definition) is 5. The fraction of sp³-hybridized carbons (Fsp3) is 0.0938. The van der Waals surface area contributed by atoms with Crippen molar-refractivity contribution in [2.24, 2.45) is 0 Å². The van der Waals surface area contributed by atoms with Crippen LogP contribution in [-0.2, 0) is 16.1 Å². The number of fused-ring (bicyclic) bond motifs is 1. The maximum absolute atomic E-state index is 13.6. The zero-order chi connectivity index (χ0) is 26.9. The second kappa shape index (κ2) is 9.95. The van der Waals surface area contributed by atoms with Gasteiger partial charge < -0.3 is 14.7 Å². The van der Waals surface area contributed by atoms with E-state index in [9.17, 15) is 14.7 Å². The summed E-state index contributed by atoms with van der Waals surface area (Å²) in [5.74, 6) is -0.469. The van der Waals surface area contributed by atoms with Gasteiger partial charge in [-0.3, -0.25) is 14.0 Å². The molecular formula is C32H25N3O4. The van der Waals surface area contributed by atoms with E-state index < -0.39 is 17.7 Å². The van der Waals surface area contributed by atoms with Crippen molar-refractivity contribution in [3.63, 3.8) is 0 Å². The highest BCUT2D eigenvalue weighted by atomic mass is 16.5. The van der Waals surface area contributed by atoms with Gasteiger partial charge in [-0.15, -0.1) is 0 Å². The fourth-order valence-corrected chi connectivity index (χ4v) is 5.07. The Morgan fingerprint density at radius 3 is 2.33 bits per heavy atom. The van der Waals surface area contributed by atoms with Crippen LogP contribution in [0.3, 0.4) is 0 Å². The number of likely N-dealkylation sites (tertiary alicyclic amines) is 1. The number of hydrogen-bond donors (Lipinski definition) is 1. The van der Waals surface area contributed by atoms with Crippen molar-refractivity contribution in [2.45, 2.75) is 19.5 Å². The number of aryl methyl sites for hydroxylation is 1. The van der Waals surface area contributed by atoms with Crippen molar-refractivity contribution < 1.29 is 19.4 Å². The summed E-state index contributed by atoms with van der Waals surface area (Å²) in [6.45, 7) is 1.97. The molecule has 2 aromatic heterocycles. The van der Waals surface area contributed by atoms with Crippen LogP contribution in [0.4, 0.5) is 0 Å². The van der Waals surface area contributed by atoms with Crippen LogP contribution >= 0.6 is 0 Å². The maximum Gasteiger partial charge on any atom is 0.295 e. The lowest BCUT2D eigenvalue weighted by molar-refractivity contribution is -0.140. The van der Waals surface area contributed by atoms with Gasteiger partial charge in [-0.1, -0.05) is 66.7 Å². The van der Waals surface area contributed by atoms with Gasteiger partial charge in [0.1, 0.15) is 22.8 Å². The predicted octanol–water partition coefficient (Wildman–Crippen LogP) is 6.06. The van der Waals surface area contributed by atoms with E-state index in [0.717, 1.165) is 5.56 Å². The number of Topliss-reactive ketones (excluding diaryl/α,β-unsaturated/α-hetero) is 1. The molecule has 3 heterocycles.